The van der Waals surface area contributed by atoms with Crippen molar-refractivity contribution in [2.45, 2.75) is 0 Å². The van der Waals surface area contributed by atoms with Crippen LogP contribution in [0.1, 0.15) is 15.9 Å². The predicted octanol–water partition coefficient (Wildman–Crippen LogP) is 3.49. The van der Waals surface area contributed by atoms with Crippen molar-refractivity contribution in [1.82, 2.24) is 5.43 Å². The highest BCUT2D eigenvalue weighted by atomic mass is 79.9. The molecule has 0 radical (unpaired) electrons. The molecule has 0 heterocycles. The van der Waals surface area contributed by atoms with Crippen LogP contribution in [-0.2, 0) is 0 Å². The van der Waals surface area contributed by atoms with Crippen LogP contribution in [0.15, 0.2) is 52.0 Å². The van der Waals surface area contributed by atoms with Crippen LogP contribution in [0.5, 0.6) is 0 Å². The molecule has 102 valence electrons. The van der Waals surface area contributed by atoms with Gasteiger partial charge in [0.25, 0.3) is 5.91 Å². The molecular formula is C14H9BrF2N2O. The van der Waals surface area contributed by atoms with Crippen molar-refractivity contribution in [2.24, 2.45) is 5.10 Å². The molecule has 2 aromatic rings. The lowest BCUT2D eigenvalue weighted by molar-refractivity contribution is 0.0954. The third kappa shape index (κ3) is 3.48. The number of halogens is 3. The molecule has 0 fully saturated rings. The van der Waals surface area contributed by atoms with E-state index in [9.17, 15) is 13.6 Å². The lowest BCUT2D eigenvalue weighted by Crippen LogP contribution is -2.18. The molecule has 0 unspecified atom stereocenters. The normalized spacial score (nSPS) is 10.8. The topological polar surface area (TPSA) is 41.5 Å². The van der Waals surface area contributed by atoms with Gasteiger partial charge in [-0.25, -0.2) is 14.2 Å². The Bertz CT molecular complexity index is 674. The molecule has 0 saturated carbocycles. The lowest BCUT2D eigenvalue weighted by atomic mass is 10.2. The van der Waals surface area contributed by atoms with Gasteiger partial charge in [0, 0.05) is 4.47 Å². The summed E-state index contributed by atoms with van der Waals surface area (Å²) in [6.45, 7) is 0. The summed E-state index contributed by atoms with van der Waals surface area (Å²) in [4.78, 5) is 11.8. The SMILES string of the molecule is O=C(N/N=C\c1ccc(F)c(F)c1)c1ccccc1Br. The molecule has 0 aliphatic heterocycles. The van der Waals surface area contributed by atoms with Gasteiger partial charge in [0.2, 0.25) is 0 Å². The quantitative estimate of drug-likeness (QED) is 0.675. The molecule has 0 bridgehead atoms. The number of nitrogens with one attached hydrogen (secondary N) is 1. The number of carbonyl (C=O) groups excluding carboxylic acids is 1. The zero-order chi connectivity index (χ0) is 14.5. The summed E-state index contributed by atoms with van der Waals surface area (Å²) in [7, 11) is 0. The van der Waals surface area contributed by atoms with Crippen LogP contribution in [0, 0.1) is 11.6 Å². The zero-order valence-electron chi connectivity index (χ0n) is 10.1. The van der Waals surface area contributed by atoms with E-state index < -0.39 is 17.5 Å². The van der Waals surface area contributed by atoms with E-state index in [1.54, 1.807) is 24.3 Å². The Morgan fingerprint density at radius 2 is 1.90 bits per heavy atom. The second-order valence-corrected chi connectivity index (χ2v) is 4.71. The molecule has 3 nitrogen and oxygen atoms in total. The van der Waals surface area contributed by atoms with Gasteiger partial charge in [0.1, 0.15) is 0 Å². The maximum Gasteiger partial charge on any atom is 0.272 e. The minimum Gasteiger partial charge on any atom is -0.267 e. The van der Waals surface area contributed by atoms with E-state index in [4.69, 9.17) is 0 Å². The predicted molar refractivity (Wildman–Crippen MR) is 75.6 cm³/mol. The molecule has 0 atom stereocenters. The molecule has 20 heavy (non-hydrogen) atoms. The first-order valence-corrected chi connectivity index (χ1v) is 6.40. The monoisotopic (exact) mass is 338 g/mol. The number of hydrogen-bond acceptors (Lipinski definition) is 2. The highest BCUT2D eigenvalue weighted by molar-refractivity contribution is 9.10. The number of rotatable bonds is 3. The third-order valence-corrected chi connectivity index (χ3v) is 3.13. The molecule has 2 aromatic carbocycles. The maximum absolute atomic E-state index is 13.0. The third-order valence-electron chi connectivity index (χ3n) is 2.44. The Morgan fingerprint density at radius 3 is 2.60 bits per heavy atom. The summed E-state index contributed by atoms with van der Waals surface area (Å²) >= 11 is 3.25. The number of carbonyl (C=O) groups is 1. The van der Waals surface area contributed by atoms with E-state index in [0.29, 0.717) is 15.6 Å². The van der Waals surface area contributed by atoms with Gasteiger partial charge in [0.15, 0.2) is 11.6 Å². The highest BCUT2D eigenvalue weighted by Crippen LogP contribution is 2.15. The van der Waals surface area contributed by atoms with Gasteiger partial charge in [-0.3, -0.25) is 4.79 Å². The Kier molecular flexibility index (Phi) is 4.57. The first-order valence-electron chi connectivity index (χ1n) is 5.61. The van der Waals surface area contributed by atoms with Crippen LogP contribution in [0.4, 0.5) is 8.78 Å². The molecule has 0 aliphatic carbocycles. The number of benzene rings is 2. The zero-order valence-corrected chi connectivity index (χ0v) is 11.7. The average Bonchev–Trinajstić information content (AvgIpc) is 2.43. The Balaban J connectivity index is 2.05. The van der Waals surface area contributed by atoms with Crippen LogP contribution in [0.2, 0.25) is 0 Å². The van der Waals surface area contributed by atoms with E-state index in [0.717, 1.165) is 12.1 Å². The highest BCUT2D eigenvalue weighted by Gasteiger charge is 2.07. The van der Waals surface area contributed by atoms with Gasteiger partial charge >= 0.3 is 0 Å². The second-order valence-electron chi connectivity index (χ2n) is 3.85. The van der Waals surface area contributed by atoms with E-state index in [2.05, 4.69) is 26.5 Å². The van der Waals surface area contributed by atoms with Crippen molar-refractivity contribution >= 4 is 28.1 Å². The summed E-state index contributed by atoms with van der Waals surface area (Å²) in [6.07, 6.45) is 1.23. The summed E-state index contributed by atoms with van der Waals surface area (Å²) in [5.41, 5.74) is 3.08. The van der Waals surface area contributed by atoms with Crippen LogP contribution >= 0.6 is 15.9 Å². The van der Waals surface area contributed by atoms with Gasteiger partial charge in [-0.2, -0.15) is 5.10 Å². The summed E-state index contributed by atoms with van der Waals surface area (Å²) in [5.74, 6) is -2.30. The summed E-state index contributed by atoms with van der Waals surface area (Å²) < 4.78 is 26.3. The molecule has 0 spiro atoms. The molecule has 2 rings (SSSR count). The van der Waals surface area contributed by atoms with Crippen molar-refractivity contribution in [3.63, 3.8) is 0 Å². The molecule has 6 heteroatoms. The van der Waals surface area contributed by atoms with Gasteiger partial charge in [-0.1, -0.05) is 18.2 Å². The first kappa shape index (κ1) is 14.3. The fourth-order valence-electron chi connectivity index (χ4n) is 1.46. The minimum absolute atomic E-state index is 0.344. The molecular weight excluding hydrogens is 330 g/mol. The number of hydrazone groups is 1. The minimum atomic E-state index is -0.967. The summed E-state index contributed by atoms with van der Waals surface area (Å²) in [5, 5.41) is 3.70. The number of hydrogen-bond donors (Lipinski definition) is 1. The van der Waals surface area contributed by atoms with Gasteiger partial charge in [-0.05, 0) is 45.8 Å². The van der Waals surface area contributed by atoms with Crippen molar-refractivity contribution in [2.75, 3.05) is 0 Å². The van der Waals surface area contributed by atoms with Crippen LogP contribution in [0.3, 0.4) is 0 Å². The van der Waals surface area contributed by atoms with Gasteiger partial charge < -0.3 is 0 Å². The van der Waals surface area contributed by atoms with E-state index in [-0.39, 0.29) is 0 Å². The van der Waals surface area contributed by atoms with Crippen LogP contribution in [-0.4, -0.2) is 12.1 Å². The van der Waals surface area contributed by atoms with Crippen molar-refractivity contribution in [1.29, 1.82) is 0 Å². The Hall–Kier alpha value is -2.08. The van der Waals surface area contributed by atoms with E-state index >= 15 is 0 Å². The lowest BCUT2D eigenvalue weighted by Gasteiger charge is -2.02. The molecule has 0 aliphatic rings. The van der Waals surface area contributed by atoms with Crippen molar-refractivity contribution < 1.29 is 13.6 Å². The van der Waals surface area contributed by atoms with Crippen molar-refractivity contribution in [3.05, 3.63) is 69.7 Å². The summed E-state index contributed by atoms with van der Waals surface area (Å²) in [6, 6.07) is 10.2. The van der Waals surface area contributed by atoms with Crippen LogP contribution in [0.25, 0.3) is 0 Å². The Morgan fingerprint density at radius 1 is 1.15 bits per heavy atom. The maximum atomic E-state index is 13.0. The Labute approximate surface area is 122 Å². The van der Waals surface area contributed by atoms with E-state index in [1.807, 2.05) is 0 Å². The smallest absolute Gasteiger partial charge is 0.267 e. The van der Waals surface area contributed by atoms with Gasteiger partial charge in [0.05, 0.1) is 11.8 Å². The standard InChI is InChI=1S/C14H9BrF2N2O/c15-11-4-2-1-3-10(11)14(20)19-18-8-9-5-6-12(16)13(17)7-9/h1-8H,(H,19,20)/b18-8-. The second kappa shape index (κ2) is 6.38. The van der Waals surface area contributed by atoms with Crippen molar-refractivity contribution in [3.8, 4) is 0 Å². The number of amides is 1. The van der Waals surface area contributed by atoms with E-state index in [1.165, 1.54) is 12.3 Å². The fourth-order valence-corrected chi connectivity index (χ4v) is 1.93. The molecule has 1 N–H and O–H groups in total. The van der Waals surface area contributed by atoms with Crippen LogP contribution < -0.4 is 5.43 Å². The molecule has 0 aromatic heterocycles. The molecule has 0 saturated heterocycles. The molecule has 1 amide bonds. The van der Waals surface area contributed by atoms with Gasteiger partial charge in [-0.15, -0.1) is 0 Å². The number of nitrogens with zero attached hydrogens (tertiary/aromatic N) is 1. The first-order chi connectivity index (χ1) is 9.58. The largest absolute Gasteiger partial charge is 0.272 e. The average molecular weight is 339 g/mol. The fraction of sp³-hybridized carbons (Fsp3) is 0.